The fourth-order valence-corrected chi connectivity index (χ4v) is 7.55. The van der Waals surface area contributed by atoms with E-state index in [9.17, 15) is 30.3 Å². The molecule has 0 saturated heterocycles. The highest BCUT2D eigenvalue weighted by atomic mass is 79.9. The largest absolute Gasteiger partial charge is 0.748 e. The van der Waals surface area contributed by atoms with Gasteiger partial charge in [-0.1, -0.05) is 52.9 Å². The van der Waals surface area contributed by atoms with Gasteiger partial charge in [-0.3, -0.25) is 0 Å². The van der Waals surface area contributed by atoms with Crippen molar-refractivity contribution in [1.29, 1.82) is 0 Å². The summed E-state index contributed by atoms with van der Waals surface area (Å²) in [6.07, 6.45) is 2.08. The van der Waals surface area contributed by atoms with Crippen LogP contribution in [-0.4, -0.2) is 69.0 Å². The third-order valence-electron chi connectivity index (χ3n) is 6.26. The molecule has 226 valence electrons. The van der Waals surface area contributed by atoms with Gasteiger partial charge in [0.15, 0.2) is 6.54 Å². The summed E-state index contributed by atoms with van der Waals surface area (Å²) in [6.45, 7) is 7.12. The molecule has 2 aromatic carbocycles. The van der Waals surface area contributed by atoms with Gasteiger partial charge in [0.2, 0.25) is 5.52 Å². The van der Waals surface area contributed by atoms with Crippen LogP contribution in [0.25, 0.3) is 16.3 Å². The number of halogens is 2. The average molecular weight is 710 g/mol. The fraction of sp³-hybridized carbons (Fsp3) is 0.423. The summed E-state index contributed by atoms with van der Waals surface area (Å²) in [5, 5.41) is 1.49. The zero-order valence-electron chi connectivity index (χ0n) is 22.9. The summed E-state index contributed by atoms with van der Waals surface area (Å²) < 4.78 is 84.4. The molecule has 41 heavy (non-hydrogen) atoms. The first-order chi connectivity index (χ1) is 19.2. The van der Waals surface area contributed by atoms with E-state index in [4.69, 9.17) is 0 Å². The molecule has 0 N–H and O–H groups in total. The number of anilines is 1. The van der Waals surface area contributed by atoms with Gasteiger partial charge in [-0.05, 0) is 56.9 Å². The SMILES string of the molecule is CCN(C)CC.O=S(=O)([O-])CCCN1/C(=C/c2sc3ccc(Br)cc3[n+]2CCCS(=O)(=O)[O-])Sc2ccc(F)cc21. The van der Waals surface area contributed by atoms with Crippen LogP contribution in [0.1, 0.15) is 31.7 Å². The number of aryl methyl sites for hydroxylation is 1. The van der Waals surface area contributed by atoms with Crippen LogP contribution in [0.3, 0.4) is 0 Å². The van der Waals surface area contributed by atoms with Gasteiger partial charge in [0, 0.05) is 39.9 Å². The maximum absolute atomic E-state index is 14.0. The second kappa shape index (κ2) is 14.7. The number of hydrogen-bond donors (Lipinski definition) is 0. The normalized spacial score (nSPS) is 14.5. The van der Waals surface area contributed by atoms with Crippen molar-refractivity contribution in [2.24, 2.45) is 0 Å². The van der Waals surface area contributed by atoms with E-state index in [1.54, 1.807) is 11.0 Å². The van der Waals surface area contributed by atoms with Crippen LogP contribution in [0.2, 0.25) is 0 Å². The Morgan fingerprint density at radius 2 is 1.68 bits per heavy atom. The highest BCUT2D eigenvalue weighted by molar-refractivity contribution is 9.10. The van der Waals surface area contributed by atoms with E-state index in [1.807, 2.05) is 28.8 Å². The molecular weight excluding hydrogens is 677 g/mol. The molecule has 9 nitrogen and oxygen atoms in total. The topological polar surface area (TPSA) is 125 Å². The molecule has 1 aliphatic heterocycles. The van der Waals surface area contributed by atoms with E-state index in [2.05, 4.69) is 41.7 Å². The molecule has 0 atom stereocenters. The molecule has 2 heterocycles. The third-order valence-corrected chi connectivity index (χ3v) is 10.6. The number of rotatable bonds is 11. The number of nitrogens with zero attached hydrogens (tertiary/aromatic N) is 3. The van der Waals surface area contributed by atoms with E-state index in [-0.39, 0.29) is 25.9 Å². The summed E-state index contributed by atoms with van der Waals surface area (Å²) >= 11 is 6.31. The highest BCUT2D eigenvalue weighted by Crippen LogP contribution is 2.47. The Bertz CT molecular complexity index is 1610. The minimum absolute atomic E-state index is 0.0699. The second-order valence-electron chi connectivity index (χ2n) is 9.27. The number of thiazole rings is 1. The smallest absolute Gasteiger partial charge is 0.265 e. The van der Waals surface area contributed by atoms with E-state index >= 15 is 0 Å². The van der Waals surface area contributed by atoms with Crippen LogP contribution >= 0.6 is 39.0 Å². The van der Waals surface area contributed by atoms with E-state index in [0.29, 0.717) is 10.7 Å². The average Bonchev–Trinajstić information content (AvgIpc) is 3.39. The number of thioether (sulfide) groups is 1. The Morgan fingerprint density at radius 3 is 2.29 bits per heavy atom. The molecule has 0 radical (unpaired) electrons. The first-order valence-electron chi connectivity index (χ1n) is 12.8. The van der Waals surface area contributed by atoms with Crippen molar-refractivity contribution in [2.45, 2.75) is 38.1 Å². The third kappa shape index (κ3) is 10.3. The zero-order chi connectivity index (χ0) is 30.4. The van der Waals surface area contributed by atoms with Gasteiger partial charge in [0.05, 0.1) is 37.0 Å². The second-order valence-corrected chi connectivity index (χ2v) is 15.4. The summed E-state index contributed by atoms with van der Waals surface area (Å²) in [5.41, 5.74) is 1.44. The summed E-state index contributed by atoms with van der Waals surface area (Å²) in [7, 11) is -6.63. The monoisotopic (exact) mass is 708 g/mol. The summed E-state index contributed by atoms with van der Waals surface area (Å²) in [6, 6.07) is 10.1. The van der Waals surface area contributed by atoms with E-state index in [0.717, 1.165) is 37.7 Å². The summed E-state index contributed by atoms with van der Waals surface area (Å²) in [5.74, 6) is -1.46. The van der Waals surface area contributed by atoms with Gasteiger partial charge in [0.1, 0.15) is 10.5 Å². The summed E-state index contributed by atoms with van der Waals surface area (Å²) in [4.78, 5) is 4.82. The van der Waals surface area contributed by atoms with Gasteiger partial charge in [0.25, 0.3) is 5.01 Å². The van der Waals surface area contributed by atoms with Crippen molar-refractivity contribution in [3.8, 4) is 0 Å². The van der Waals surface area contributed by atoms with Crippen molar-refractivity contribution < 1.29 is 34.9 Å². The molecule has 0 spiro atoms. The predicted molar refractivity (Wildman–Crippen MR) is 165 cm³/mol. The molecule has 0 aliphatic carbocycles. The Hall–Kier alpha value is -1.59. The molecule has 0 saturated carbocycles. The van der Waals surface area contributed by atoms with Crippen molar-refractivity contribution in [3.63, 3.8) is 0 Å². The minimum atomic E-state index is -4.39. The van der Waals surface area contributed by atoms with E-state index in [1.165, 1.54) is 35.2 Å². The Labute approximate surface area is 257 Å². The molecule has 0 fully saturated rings. The van der Waals surface area contributed by atoms with Gasteiger partial charge >= 0.3 is 0 Å². The van der Waals surface area contributed by atoms with Crippen molar-refractivity contribution in [2.75, 3.05) is 43.1 Å². The lowest BCUT2D eigenvalue weighted by Crippen LogP contribution is -2.36. The minimum Gasteiger partial charge on any atom is -0.748 e. The van der Waals surface area contributed by atoms with Crippen LogP contribution in [0.5, 0.6) is 0 Å². The van der Waals surface area contributed by atoms with Crippen molar-refractivity contribution >= 4 is 81.2 Å². The Kier molecular flexibility index (Phi) is 12.2. The van der Waals surface area contributed by atoms with Gasteiger partial charge in [-0.15, -0.1) is 0 Å². The molecule has 0 bridgehead atoms. The molecule has 1 aliphatic rings. The lowest BCUT2D eigenvalue weighted by molar-refractivity contribution is -0.668. The van der Waals surface area contributed by atoms with Gasteiger partial charge in [-0.25, -0.2) is 21.2 Å². The standard InChI is InChI=1S/C21H20BrFN2O6S4.C5H13N/c22-14-3-5-18-16(11-14)24(7-1-9-34(26,27)28)20(32-18)13-21-25(8-2-10-35(29,30)31)17-12-15(23)4-6-19(17)33-21;1-4-6(3)5-2/h3-6,11-13H,1-2,7-10H2,(H-,26,27,28,29,30,31);4-5H2,1-3H3/p-1. The van der Waals surface area contributed by atoms with Crippen LogP contribution in [0, 0.1) is 5.82 Å². The quantitative estimate of drug-likeness (QED) is 0.204. The van der Waals surface area contributed by atoms with E-state index < -0.39 is 37.6 Å². The number of aromatic nitrogens is 1. The zero-order valence-corrected chi connectivity index (χ0v) is 27.7. The predicted octanol–water partition coefficient (Wildman–Crippen LogP) is 4.83. The Morgan fingerprint density at radius 1 is 1.02 bits per heavy atom. The van der Waals surface area contributed by atoms with Crippen molar-refractivity contribution in [1.82, 2.24) is 4.90 Å². The molecule has 0 unspecified atom stereocenters. The van der Waals surface area contributed by atoms with Crippen LogP contribution in [0.4, 0.5) is 10.1 Å². The molecule has 4 rings (SSSR count). The lowest BCUT2D eigenvalue weighted by Gasteiger charge is -2.20. The number of benzene rings is 2. The number of fused-ring (bicyclic) bond motifs is 2. The van der Waals surface area contributed by atoms with Crippen LogP contribution < -0.4 is 9.47 Å². The Balaban J connectivity index is 0.000000696. The lowest BCUT2D eigenvalue weighted by atomic mass is 10.2. The maximum atomic E-state index is 14.0. The molecule has 1 aromatic heterocycles. The van der Waals surface area contributed by atoms with Gasteiger partial charge in [-0.2, -0.15) is 4.57 Å². The highest BCUT2D eigenvalue weighted by Gasteiger charge is 2.28. The molecule has 3 aromatic rings. The molecule has 0 amide bonds. The van der Waals surface area contributed by atoms with Crippen molar-refractivity contribution in [3.05, 3.63) is 56.7 Å². The van der Waals surface area contributed by atoms with Gasteiger partial charge < -0.3 is 18.9 Å². The maximum Gasteiger partial charge on any atom is 0.265 e. The first-order valence-corrected chi connectivity index (χ1v) is 18.4. The van der Waals surface area contributed by atoms with Crippen LogP contribution in [0.15, 0.2) is 50.8 Å². The molecular formula is C26H32BrFN3O6S4-. The fourth-order valence-electron chi connectivity index (χ4n) is 3.95. The number of hydrogen-bond acceptors (Lipinski definition) is 10. The first kappa shape index (κ1) is 33.9. The van der Waals surface area contributed by atoms with Crippen LogP contribution in [-0.2, 0) is 26.8 Å². The molecule has 15 heteroatoms.